The Bertz CT molecular complexity index is 517. The maximum atomic E-state index is 11.2. The van der Waals surface area contributed by atoms with Gasteiger partial charge in [-0.15, -0.1) is 0 Å². The molecule has 0 bridgehead atoms. The van der Waals surface area contributed by atoms with Gasteiger partial charge in [-0.3, -0.25) is 0 Å². The zero-order valence-electron chi connectivity index (χ0n) is 13.4. The van der Waals surface area contributed by atoms with Gasteiger partial charge in [0.25, 0.3) is 0 Å². The van der Waals surface area contributed by atoms with Crippen molar-refractivity contribution in [3.8, 4) is 0 Å². The van der Waals surface area contributed by atoms with E-state index in [1.165, 1.54) is 12.2 Å². The van der Waals surface area contributed by atoms with Crippen molar-refractivity contribution in [2.75, 3.05) is 0 Å². The SMILES string of the molecule is CC1CC(C)C2C(C=CC(C)(O)C2(O)C=CC=CC(=O)O)C1. The Balaban J connectivity index is 2.36. The molecule has 0 aliphatic heterocycles. The smallest absolute Gasteiger partial charge is 0.328 e. The molecule has 1 saturated carbocycles. The van der Waals surface area contributed by atoms with Gasteiger partial charge in [0.2, 0.25) is 0 Å². The second kappa shape index (κ2) is 6.01. The third kappa shape index (κ3) is 3.03. The number of fused-ring (bicyclic) bond motifs is 1. The van der Waals surface area contributed by atoms with Gasteiger partial charge in [-0.25, -0.2) is 4.79 Å². The highest BCUT2D eigenvalue weighted by atomic mass is 16.4. The highest BCUT2D eigenvalue weighted by Crippen LogP contribution is 2.51. The number of aliphatic carboxylic acids is 1. The van der Waals surface area contributed by atoms with E-state index < -0.39 is 17.2 Å². The Labute approximate surface area is 131 Å². The number of hydrogen-bond acceptors (Lipinski definition) is 3. The van der Waals surface area contributed by atoms with Crippen molar-refractivity contribution in [3.05, 3.63) is 36.5 Å². The van der Waals surface area contributed by atoms with Crippen molar-refractivity contribution < 1.29 is 20.1 Å². The van der Waals surface area contributed by atoms with Crippen molar-refractivity contribution in [3.63, 3.8) is 0 Å². The minimum atomic E-state index is -1.39. The van der Waals surface area contributed by atoms with Gasteiger partial charge in [-0.1, -0.05) is 38.2 Å². The monoisotopic (exact) mass is 306 g/mol. The summed E-state index contributed by atoms with van der Waals surface area (Å²) in [5, 5.41) is 30.6. The van der Waals surface area contributed by atoms with Crippen LogP contribution in [-0.4, -0.2) is 32.5 Å². The summed E-state index contributed by atoms with van der Waals surface area (Å²) in [6, 6.07) is 0. The van der Waals surface area contributed by atoms with Crippen LogP contribution in [-0.2, 0) is 4.79 Å². The van der Waals surface area contributed by atoms with Gasteiger partial charge in [0.1, 0.15) is 11.2 Å². The van der Waals surface area contributed by atoms with E-state index in [0.717, 1.165) is 18.9 Å². The van der Waals surface area contributed by atoms with Gasteiger partial charge < -0.3 is 15.3 Å². The van der Waals surface area contributed by atoms with E-state index in [4.69, 9.17) is 5.11 Å². The highest BCUT2D eigenvalue weighted by Gasteiger charge is 2.55. The summed E-state index contributed by atoms with van der Waals surface area (Å²) >= 11 is 0. The Morgan fingerprint density at radius 3 is 2.55 bits per heavy atom. The standard InChI is InChI=1S/C18H26O4/c1-12-10-13(2)16-14(11-12)7-9-17(3,21)18(16,22)8-5-4-6-15(19)20/h4-9,12-14,16,21-22H,10-11H2,1-3H3,(H,19,20). The molecule has 4 nitrogen and oxygen atoms in total. The van der Waals surface area contributed by atoms with Gasteiger partial charge in [-0.05, 0) is 43.6 Å². The van der Waals surface area contributed by atoms with Gasteiger partial charge in [0.05, 0.1) is 0 Å². The average molecular weight is 306 g/mol. The first-order chi connectivity index (χ1) is 10.2. The molecule has 0 aromatic heterocycles. The molecular formula is C18H26O4. The van der Waals surface area contributed by atoms with Crippen LogP contribution in [0.5, 0.6) is 0 Å². The molecule has 0 spiro atoms. The number of hydrogen-bond donors (Lipinski definition) is 3. The van der Waals surface area contributed by atoms with E-state index in [-0.39, 0.29) is 17.8 Å². The lowest BCUT2D eigenvalue weighted by atomic mass is 9.55. The molecule has 6 atom stereocenters. The van der Waals surface area contributed by atoms with Crippen LogP contribution in [0.1, 0.15) is 33.6 Å². The molecule has 6 unspecified atom stereocenters. The first kappa shape index (κ1) is 17.0. The van der Waals surface area contributed by atoms with Crippen LogP contribution in [0.15, 0.2) is 36.5 Å². The first-order valence-corrected chi connectivity index (χ1v) is 7.90. The zero-order valence-corrected chi connectivity index (χ0v) is 13.4. The van der Waals surface area contributed by atoms with Crippen LogP contribution in [0.25, 0.3) is 0 Å². The van der Waals surface area contributed by atoms with Crippen molar-refractivity contribution in [2.45, 2.75) is 44.8 Å². The van der Waals surface area contributed by atoms with E-state index in [1.54, 1.807) is 19.1 Å². The van der Waals surface area contributed by atoms with E-state index in [2.05, 4.69) is 13.8 Å². The lowest BCUT2D eigenvalue weighted by molar-refractivity contribution is -0.154. The quantitative estimate of drug-likeness (QED) is 0.425. The van der Waals surface area contributed by atoms with Gasteiger partial charge >= 0.3 is 5.97 Å². The molecule has 0 aromatic carbocycles. The Hall–Kier alpha value is -1.39. The van der Waals surface area contributed by atoms with Gasteiger partial charge in [0.15, 0.2) is 0 Å². The Morgan fingerprint density at radius 1 is 1.23 bits per heavy atom. The number of carboxylic acids is 1. The molecule has 2 rings (SSSR count). The molecular weight excluding hydrogens is 280 g/mol. The van der Waals surface area contributed by atoms with Crippen LogP contribution in [0.2, 0.25) is 0 Å². The molecule has 2 aliphatic rings. The molecule has 22 heavy (non-hydrogen) atoms. The Morgan fingerprint density at radius 2 is 1.91 bits per heavy atom. The predicted molar refractivity (Wildman–Crippen MR) is 85.2 cm³/mol. The molecule has 0 aromatic rings. The number of carbonyl (C=O) groups is 1. The lowest BCUT2D eigenvalue weighted by Gasteiger charge is -2.54. The summed E-state index contributed by atoms with van der Waals surface area (Å²) in [7, 11) is 0. The normalized spacial score (nSPS) is 45.3. The van der Waals surface area contributed by atoms with Crippen molar-refractivity contribution in [2.24, 2.45) is 23.7 Å². The van der Waals surface area contributed by atoms with Crippen LogP contribution >= 0.6 is 0 Å². The van der Waals surface area contributed by atoms with Crippen LogP contribution in [0.3, 0.4) is 0 Å². The summed E-state index contributed by atoms with van der Waals surface area (Å²) in [6.07, 6.45) is 11.2. The summed E-state index contributed by atoms with van der Waals surface area (Å²) in [5.41, 5.74) is -2.76. The predicted octanol–water partition coefficient (Wildman–Crippen LogP) is 2.53. The van der Waals surface area contributed by atoms with E-state index >= 15 is 0 Å². The van der Waals surface area contributed by atoms with E-state index in [0.29, 0.717) is 5.92 Å². The van der Waals surface area contributed by atoms with Crippen molar-refractivity contribution >= 4 is 5.97 Å². The molecule has 0 saturated heterocycles. The maximum absolute atomic E-state index is 11.2. The molecule has 0 radical (unpaired) electrons. The zero-order chi connectivity index (χ0) is 16.5. The van der Waals surface area contributed by atoms with Crippen LogP contribution < -0.4 is 0 Å². The molecule has 4 heteroatoms. The third-order valence-electron chi connectivity index (χ3n) is 5.21. The van der Waals surface area contributed by atoms with Crippen molar-refractivity contribution in [1.29, 1.82) is 0 Å². The van der Waals surface area contributed by atoms with Crippen LogP contribution in [0.4, 0.5) is 0 Å². The van der Waals surface area contributed by atoms with Crippen LogP contribution in [0, 0.1) is 23.7 Å². The van der Waals surface area contributed by atoms with E-state index in [1.807, 2.05) is 6.08 Å². The second-order valence-electron chi connectivity index (χ2n) is 7.13. The largest absolute Gasteiger partial charge is 0.478 e. The average Bonchev–Trinajstić information content (AvgIpc) is 2.39. The summed E-state index contributed by atoms with van der Waals surface area (Å²) < 4.78 is 0. The molecule has 122 valence electrons. The molecule has 1 fully saturated rings. The minimum Gasteiger partial charge on any atom is -0.478 e. The number of aliphatic hydroxyl groups is 2. The third-order valence-corrected chi connectivity index (χ3v) is 5.21. The summed E-state index contributed by atoms with van der Waals surface area (Å²) in [4.78, 5) is 10.5. The first-order valence-electron chi connectivity index (χ1n) is 7.90. The number of rotatable bonds is 3. The molecule has 2 aliphatic carbocycles. The lowest BCUT2D eigenvalue weighted by Crippen LogP contribution is -2.61. The van der Waals surface area contributed by atoms with E-state index in [9.17, 15) is 15.0 Å². The fourth-order valence-electron chi connectivity index (χ4n) is 4.27. The fourth-order valence-corrected chi connectivity index (χ4v) is 4.27. The minimum absolute atomic E-state index is 0.0711. The van der Waals surface area contributed by atoms with Crippen molar-refractivity contribution in [1.82, 2.24) is 0 Å². The molecule has 0 heterocycles. The fraction of sp³-hybridized carbons (Fsp3) is 0.611. The maximum Gasteiger partial charge on any atom is 0.328 e. The highest BCUT2D eigenvalue weighted by molar-refractivity contribution is 5.80. The van der Waals surface area contributed by atoms with Gasteiger partial charge in [0, 0.05) is 12.0 Å². The number of carboxylic acid groups (broad SMARTS) is 1. The summed E-state index contributed by atoms with van der Waals surface area (Å²) in [6.45, 7) is 5.95. The molecule has 0 amide bonds. The number of allylic oxidation sites excluding steroid dienone is 3. The summed E-state index contributed by atoms with van der Waals surface area (Å²) in [5.74, 6) is 0.00675. The molecule has 3 N–H and O–H groups in total. The topological polar surface area (TPSA) is 77.8 Å². The Kier molecular flexibility index (Phi) is 4.64. The van der Waals surface area contributed by atoms with Gasteiger partial charge in [-0.2, -0.15) is 0 Å². The second-order valence-corrected chi connectivity index (χ2v) is 7.13.